The van der Waals surface area contributed by atoms with Gasteiger partial charge in [0.15, 0.2) is 0 Å². The van der Waals surface area contributed by atoms with Crippen molar-refractivity contribution in [2.45, 2.75) is 46.4 Å². The van der Waals surface area contributed by atoms with Crippen molar-refractivity contribution in [3.05, 3.63) is 57.7 Å². The first kappa shape index (κ1) is 20.2. The Morgan fingerprint density at radius 1 is 1.17 bits per heavy atom. The molecule has 0 spiro atoms. The zero-order valence-corrected chi connectivity index (χ0v) is 17.4. The van der Waals surface area contributed by atoms with Gasteiger partial charge in [0, 0.05) is 36.5 Å². The first-order valence-electron chi connectivity index (χ1n) is 9.87. The van der Waals surface area contributed by atoms with E-state index in [0.717, 1.165) is 5.69 Å². The number of aryl methyl sites for hydroxylation is 2. The van der Waals surface area contributed by atoms with E-state index in [1.807, 2.05) is 13.8 Å². The zero-order valence-electron chi connectivity index (χ0n) is 17.4. The van der Waals surface area contributed by atoms with Gasteiger partial charge in [0.1, 0.15) is 17.3 Å². The Hall–Kier alpha value is -3.07. The molecule has 30 heavy (non-hydrogen) atoms. The summed E-state index contributed by atoms with van der Waals surface area (Å²) in [5.74, 6) is 0.118. The van der Waals surface area contributed by atoms with Gasteiger partial charge in [-0.15, -0.1) is 0 Å². The molecule has 0 aliphatic carbocycles. The van der Waals surface area contributed by atoms with Crippen LogP contribution < -0.4 is 10.5 Å². The van der Waals surface area contributed by atoms with Crippen molar-refractivity contribution in [1.29, 1.82) is 0 Å². The SMILES string of the molecule is Cc1ncc(-c2noc(C)c2Cn2ncc(N3C[C@@H](C)O[C@@H](C)C3)cc2=O)cc1F. The monoisotopic (exact) mass is 413 g/mol. The fourth-order valence-electron chi connectivity index (χ4n) is 3.69. The highest BCUT2D eigenvalue weighted by atomic mass is 19.1. The Bertz CT molecular complexity index is 1120. The van der Waals surface area contributed by atoms with Crippen molar-refractivity contribution >= 4 is 5.69 Å². The summed E-state index contributed by atoms with van der Waals surface area (Å²) in [5.41, 5.74) is 2.44. The number of aromatic nitrogens is 4. The molecule has 1 fully saturated rings. The zero-order chi connectivity index (χ0) is 21.4. The molecule has 0 unspecified atom stereocenters. The smallest absolute Gasteiger partial charge is 0.269 e. The molecule has 4 rings (SSSR count). The maximum Gasteiger partial charge on any atom is 0.269 e. The molecule has 0 amide bonds. The van der Waals surface area contributed by atoms with Crippen molar-refractivity contribution < 1.29 is 13.7 Å². The molecular formula is C21H24FN5O3. The molecule has 3 aromatic heterocycles. The third-order valence-electron chi connectivity index (χ3n) is 5.23. The number of rotatable bonds is 4. The van der Waals surface area contributed by atoms with Crippen LogP contribution in [0.1, 0.15) is 30.9 Å². The highest BCUT2D eigenvalue weighted by Crippen LogP contribution is 2.26. The van der Waals surface area contributed by atoms with E-state index < -0.39 is 5.82 Å². The molecule has 1 aliphatic heterocycles. The minimum Gasteiger partial charge on any atom is -0.372 e. The van der Waals surface area contributed by atoms with Gasteiger partial charge in [0.2, 0.25) is 0 Å². The summed E-state index contributed by atoms with van der Waals surface area (Å²) in [6, 6.07) is 2.94. The molecule has 0 saturated carbocycles. The average molecular weight is 413 g/mol. The summed E-state index contributed by atoms with van der Waals surface area (Å²) in [4.78, 5) is 18.9. The fraction of sp³-hybridized carbons (Fsp3) is 0.429. The van der Waals surface area contributed by atoms with Gasteiger partial charge in [0.05, 0.1) is 36.3 Å². The molecule has 0 bridgehead atoms. The normalized spacial score (nSPS) is 19.3. The van der Waals surface area contributed by atoms with Crippen LogP contribution in [-0.4, -0.2) is 45.2 Å². The molecule has 1 aliphatic rings. The second-order valence-corrected chi connectivity index (χ2v) is 7.73. The van der Waals surface area contributed by atoms with E-state index in [-0.39, 0.29) is 24.3 Å². The molecule has 2 atom stereocenters. The quantitative estimate of drug-likeness (QED) is 0.650. The van der Waals surface area contributed by atoms with Gasteiger partial charge in [-0.25, -0.2) is 9.07 Å². The number of anilines is 1. The lowest BCUT2D eigenvalue weighted by Crippen LogP contribution is -2.46. The van der Waals surface area contributed by atoms with Crippen LogP contribution in [0, 0.1) is 19.7 Å². The second kappa shape index (κ2) is 7.98. The Morgan fingerprint density at radius 2 is 1.90 bits per heavy atom. The summed E-state index contributed by atoms with van der Waals surface area (Å²) in [5, 5.41) is 8.39. The number of hydrogen-bond acceptors (Lipinski definition) is 7. The van der Waals surface area contributed by atoms with Crippen LogP contribution in [0.2, 0.25) is 0 Å². The lowest BCUT2D eigenvalue weighted by molar-refractivity contribution is -0.00525. The van der Waals surface area contributed by atoms with Crippen molar-refractivity contribution in [2.24, 2.45) is 0 Å². The third kappa shape index (κ3) is 3.97. The van der Waals surface area contributed by atoms with Gasteiger partial charge in [-0.2, -0.15) is 5.10 Å². The fourth-order valence-corrected chi connectivity index (χ4v) is 3.69. The molecule has 0 radical (unpaired) electrons. The topological polar surface area (TPSA) is 86.3 Å². The Labute approximate surface area is 173 Å². The predicted molar refractivity (Wildman–Crippen MR) is 109 cm³/mol. The Balaban J connectivity index is 1.62. The minimum atomic E-state index is -0.423. The van der Waals surface area contributed by atoms with E-state index in [1.165, 1.54) is 10.7 Å². The van der Waals surface area contributed by atoms with Crippen LogP contribution in [0.5, 0.6) is 0 Å². The number of nitrogens with zero attached hydrogens (tertiary/aromatic N) is 5. The summed E-state index contributed by atoms with van der Waals surface area (Å²) < 4.78 is 26.4. The summed E-state index contributed by atoms with van der Waals surface area (Å²) in [6.07, 6.45) is 3.39. The van der Waals surface area contributed by atoms with E-state index >= 15 is 0 Å². The number of ether oxygens (including phenoxy) is 1. The minimum absolute atomic E-state index is 0.0851. The first-order valence-corrected chi connectivity index (χ1v) is 9.87. The van der Waals surface area contributed by atoms with Crippen LogP contribution in [-0.2, 0) is 11.3 Å². The predicted octanol–water partition coefficient (Wildman–Crippen LogP) is 2.71. The molecule has 4 heterocycles. The van der Waals surface area contributed by atoms with Gasteiger partial charge < -0.3 is 14.2 Å². The Morgan fingerprint density at radius 3 is 2.57 bits per heavy atom. The summed E-state index contributed by atoms with van der Waals surface area (Å²) in [6.45, 7) is 8.93. The van der Waals surface area contributed by atoms with Crippen LogP contribution in [0.3, 0.4) is 0 Å². The molecule has 1 saturated heterocycles. The van der Waals surface area contributed by atoms with Crippen LogP contribution >= 0.6 is 0 Å². The first-order chi connectivity index (χ1) is 14.3. The van der Waals surface area contributed by atoms with Crippen molar-refractivity contribution in [1.82, 2.24) is 19.9 Å². The summed E-state index contributed by atoms with van der Waals surface area (Å²) >= 11 is 0. The molecule has 3 aromatic rings. The largest absolute Gasteiger partial charge is 0.372 e. The van der Waals surface area contributed by atoms with E-state index in [9.17, 15) is 9.18 Å². The van der Waals surface area contributed by atoms with Gasteiger partial charge in [-0.05, 0) is 33.8 Å². The van der Waals surface area contributed by atoms with E-state index in [0.29, 0.717) is 41.4 Å². The highest BCUT2D eigenvalue weighted by molar-refractivity contribution is 5.62. The van der Waals surface area contributed by atoms with Gasteiger partial charge in [-0.1, -0.05) is 5.16 Å². The number of hydrogen-bond donors (Lipinski definition) is 0. The lowest BCUT2D eigenvalue weighted by Gasteiger charge is -2.36. The van der Waals surface area contributed by atoms with Crippen LogP contribution in [0.15, 0.2) is 33.8 Å². The van der Waals surface area contributed by atoms with E-state index in [1.54, 1.807) is 32.3 Å². The van der Waals surface area contributed by atoms with E-state index in [4.69, 9.17) is 9.26 Å². The second-order valence-electron chi connectivity index (χ2n) is 7.73. The molecule has 158 valence electrons. The highest BCUT2D eigenvalue weighted by Gasteiger charge is 2.23. The van der Waals surface area contributed by atoms with Crippen LogP contribution in [0.25, 0.3) is 11.3 Å². The molecule has 0 N–H and O–H groups in total. The van der Waals surface area contributed by atoms with Crippen molar-refractivity contribution in [3.63, 3.8) is 0 Å². The van der Waals surface area contributed by atoms with E-state index in [2.05, 4.69) is 20.1 Å². The molecular weight excluding hydrogens is 389 g/mol. The lowest BCUT2D eigenvalue weighted by atomic mass is 10.1. The van der Waals surface area contributed by atoms with Gasteiger partial charge in [-0.3, -0.25) is 9.78 Å². The molecule has 8 nitrogen and oxygen atoms in total. The number of morpholine rings is 1. The van der Waals surface area contributed by atoms with Crippen molar-refractivity contribution in [2.75, 3.05) is 18.0 Å². The average Bonchev–Trinajstić information content (AvgIpc) is 3.05. The summed E-state index contributed by atoms with van der Waals surface area (Å²) in [7, 11) is 0. The molecule has 0 aromatic carbocycles. The van der Waals surface area contributed by atoms with Gasteiger partial charge in [0.25, 0.3) is 5.56 Å². The van der Waals surface area contributed by atoms with Crippen molar-refractivity contribution in [3.8, 4) is 11.3 Å². The number of halogens is 1. The van der Waals surface area contributed by atoms with Crippen LogP contribution in [0.4, 0.5) is 10.1 Å². The maximum atomic E-state index is 14.0. The van der Waals surface area contributed by atoms with Gasteiger partial charge >= 0.3 is 0 Å². The maximum absolute atomic E-state index is 14.0. The molecule has 9 heteroatoms. The third-order valence-corrected chi connectivity index (χ3v) is 5.23. The number of pyridine rings is 1. The Kier molecular flexibility index (Phi) is 5.38. The standard InChI is InChI=1S/C21H24FN5O3/c1-12-9-26(10-13(2)29-12)17-6-20(28)27(24-8-17)11-18-15(4)30-25-21(18)16-5-19(22)14(3)23-7-16/h5-8,12-13H,9-11H2,1-4H3/t12-,13+.